The Morgan fingerprint density at radius 2 is 1.72 bits per heavy atom. The molecule has 9 heteroatoms. The quantitative estimate of drug-likeness (QED) is 0.533. The molecule has 5 rings (SSSR count). The highest BCUT2D eigenvalue weighted by molar-refractivity contribution is 6.21. The summed E-state index contributed by atoms with van der Waals surface area (Å²) >= 11 is 0. The van der Waals surface area contributed by atoms with Crippen molar-refractivity contribution in [1.82, 2.24) is 14.8 Å². The van der Waals surface area contributed by atoms with Gasteiger partial charge in [0.25, 0.3) is 17.7 Å². The van der Waals surface area contributed by atoms with Crippen molar-refractivity contribution in [2.75, 3.05) is 18.4 Å². The molecular formula is C27H26N4O5. The highest BCUT2D eigenvalue weighted by atomic mass is 16.5. The number of aliphatic hydroxyl groups is 1. The first-order chi connectivity index (χ1) is 17.3. The first-order valence-corrected chi connectivity index (χ1v) is 11.7. The number of benzene rings is 2. The molecule has 2 aliphatic heterocycles. The van der Waals surface area contributed by atoms with E-state index in [1.54, 1.807) is 54.6 Å². The van der Waals surface area contributed by atoms with Crippen LogP contribution in [0.2, 0.25) is 0 Å². The average molecular weight is 487 g/mol. The Hall–Kier alpha value is -4.08. The van der Waals surface area contributed by atoms with Crippen LogP contribution in [0.25, 0.3) is 0 Å². The SMILES string of the molecule is CC(C)N1CC(CN2C(=O)c3ccccc3C2=O)Oc2c(NC(=O)c3ccncc3)cccc2C1O. The molecule has 2 aliphatic rings. The van der Waals surface area contributed by atoms with E-state index in [9.17, 15) is 19.5 Å². The van der Waals surface area contributed by atoms with Crippen LogP contribution in [-0.4, -0.2) is 62.8 Å². The van der Waals surface area contributed by atoms with Crippen LogP contribution in [0.1, 0.15) is 56.7 Å². The van der Waals surface area contributed by atoms with Crippen LogP contribution in [0.4, 0.5) is 5.69 Å². The van der Waals surface area contributed by atoms with Gasteiger partial charge >= 0.3 is 0 Å². The van der Waals surface area contributed by atoms with Crippen LogP contribution < -0.4 is 10.1 Å². The molecule has 36 heavy (non-hydrogen) atoms. The fourth-order valence-electron chi connectivity index (χ4n) is 4.60. The van der Waals surface area contributed by atoms with E-state index in [2.05, 4.69) is 10.3 Å². The van der Waals surface area contributed by atoms with Crippen LogP contribution in [0.5, 0.6) is 5.75 Å². The minimum absolute atomic E-state index is 0.00559. The van der Waals surface area contributed by atoms with Gasteiger partial charge < -0.3 is 15.2 Å². The third-order valence-electron chi connectivity index (χ3n) is 6.46. The van der Waals surface area contributed by atoms with Gasteiger partial charge in [0.1, 0.15) is 12.3 Å². The van der Waals surface area contributed by atoms with Gasteiger partial charge in [-0.1, -0.05) is 24.3 Å². The fourth-order valence-corrected chi connectivity index (χ4v) is 4.60. The molecule has 0 saturated heterocycles. The Balaban J connectivity index is 1.47. The van der Waals surface area contributed by atoms with E-state index >= 15 is 0 Å². The molecule has 184 valence electrons. The van der Waals surface area contributed by atoms with E-state index in [-0.39, 0.29) is 36.9 Å². The number of rotatable bonds is 5. The number of aliphatic hydroxyl groups excluding tert-OH is 1. The van der Waals surface area contributed by atoms with Crippen LogP contribution in [-0.2, 0) is 0 Å². The van der Waals surface area contributed by atoms with E-state index in [0.717, 1.165) is 0 Å². The summed E-state index contributed by atoms with van der Waals surface area (Å²) in [5, 5.41) is 14.1. The number of nitrogens with one attached hydrogen (secondary N) is 1. The number of para-hydroxylation sites is 1. The zero-order chi connectivity index (χ0) is 25.4. The van der Waals surface area contributed by atoms with E-state index < -0.39 is 12.3 Å². The lowest BCUT2D eigenvalue weighted by atomic mass is 10.1. The number of ether oxygens (including phenoxy) is 1. The van der Waals surface area contributed by atoms with Gasteiger partial charge in [0, 0.05) is 36.1 Å². The molecule has 1 aromatic heterocycles. The second kappa shape index (κ2) is 9.52. The number of amides is 3. The van der Waals surface area contributed by atoms with E-state index in [4.69, 9.17) is 4.74 Å². The van der Waals surface area contributed by atoms with Gasteiger partial charge in [-0.2, -0.15) is 0 Å². The molecule has 3 aromatic rings. The first-order valence-electron chi connectivity index (χ1n) is 11.7. The molecule has 0 saturated carbocycles. The van der Waals surface area contributed by atoms with E-state index in [1.165, 1.54) is 17.3 Å². The maximum Gasteiger partial charge on any atom is 0.261 e. The van der Waals surface area contributed by atoms with Gasteiger partial charge in [-0.15, -0.1) is 0 Å². The topological polar surface area (TPSA) is 112 Å². The van der Waals surface area contributed by atoms with Gasteiger partial charge in [-0.05, 0) is 44.2 Å². The molecule has 0 fully saturated rings. The molecule has 3 heterocycles. The molecule has 0 radical (unpaired) electrons. The smallest absolute Gasteiger partial charge is 0.261 e. The van der Waals surface area contributed by atoms with Crippen LogP contribution in [0.3, 0.4) is 0 Å². The molecule has 0 bridgehead atoms. The highest BCUT2D eigenvalue weighted by Gasteiger charge is 2.40. The van der Waals surface area contributed by atoms with Gasteiger partial charge in [0.05, 0.1) is 23.4 Å². The molecule has 3 amide bonds. The Morgan fingerprint density at radius 1 is 1.06 bits per heavy atom. The lowest BCUT2D eigenvalue weighted by molar-refractivity contribution is -0.0286. The predicted octanol–water partition coefficient (Wildman–Crippen LogP) is 3.09. The molecule has 0 spiro atoms. The molecule has 2 aromatic carbocycles. The van der Waals surface area contributed by atoms with Gasteiger partial charge in [-0.3, -0.25) is 29.2 Å². The molecule has 2 N–H and O–H groups in total. The zero-order valence-electron chi connectivity index (χ0n) is 19.9. The number of aromatic nitrogens is 1. The number of nitrogens with zero attached hydrogens (tertiary/aromatic N) is 3. The van der Waals surface area contributed by atoms with Crippen molar-refractivity contribution < 1.29 is 24.2 Å². The fraction of sp³-hybridized carbons (Fsp3) is 0.259. The number of pyridine rings is 1. The molecule has 9 nitrogen and oxygen atoms in total. The number of carbonyl (C=O) groups is 3. The number of hydrogen-bond donors (Lipinski definition) is 2. The third kappa shape index (κ3) is 4.23. The minimum atomic E-state index is -1.01. The monoisotopic (exact) mass is 486 g/mol. The molecule has 0 aliphatic carbocycles. The van der Waals surface area contributed by atoms with Crippen molar-refractivity contribution in [2.45, 2.75) is 32.2 Å². The standard InChI is InChI=1S/C27H26N4O5/c1-16(2)30-14-18(15-31-25(33)19-6-3-4-7-20(19)26(31)34)36-23-21(27(30)35)8-5-9-22(23)29-24(32)17-10-12-28-13-11-17/h3-13,16,18,27,35H,14-15H2,1-2H3,(H,29,32). The predicted molar refractivity (Wildman–Crippen MR) is 132 cm³/mol. The summed E-state index contributed by atoms with van der Waals surface area (Å²) < 4.78 is 6.36. The Bertz CT molecular complexity index is 1290. The lowest BCUT2D eigenvalue weighted by Crippen LogP contribution is -2.46. The third-order valence-corrected chi connectivity index (χ3v) is 6.46. The Labute approximate surface area is 208 Å². The van der Waals surface area contributed by atoms with Gasteiger partial charge in [0.2, 0.25) is 0 Å². The van der Waals surface area contributed by atoms with Crippen molar-refractivity contribution in [3.8, 4) is 5.75 Å². The lowest BCUT2D eigenvalue weighted by Gasteiger charge is -2.31. The summed E-state index contributed by atoms with van der Waals surface area (Å²) in [5.74, 6) is -0.804. The van der Waals surface area contributed by atoms with E-state index in [0.29, 0.717) is 33.7 Å². The maximum absolute atomic E-state index is 13.0. The van der Waals surface area contributed by atoms with Crippen molar-refractivity contribution >= 4 is 23.4 Å². The second-order valence-corrected chi connectivity index (χ2v) is 9.08. The summed E-state index contributed by atoms with van der Waals surface area (Å²) in [6, 6.07) is 15.0. The summed E-state index contributed by atoms with van der Waals surface area (Å²) in [6.07, 6.45) is 1.40. The van der Waals surface area contributed by atoms with Crippen LogP contribution >= 0.6 is 0 Å². The minimum Gasteiger partial charge on any atom is -0.485 e. The summed E-state index contributed by atoms with van der Waals surface area (Å²) in [6.45, 7) is 4.15. The van der Waals surface area contributed by atoms with Crippen LogP contribution in [0, 0.1) is 0 Å². The number of anilines is 1. The molecule has 2 atom stereocenters. The van der Waals surface area contributed by atoms with Crippen molar-refractivity contribution in [3.05, 3.63) is 89.2 Å². The number of carbonyl (C=O) groups excluding carboxylic acids is 3. The van der Waals surface area contributed by atoms with Crippen LogP contribution in [0.15, 0.2) is 67.0 Å². The van der Waals surface area contributed by atoms with Crippen molar-refractivity contribution in [1.29, 1.82) is 0 Å². The first kappa shape index (κ1) is 23.7. The van der Waals surface area contributed by atoms with Gasteiger partial charge in [-0.25, -0.2) is 0 Å². The van der Waals surface area contributed by atoms with E-state index in [1.807, 2.05) is 18.7 Å². The summed E-state index contributed by atoms with van der Waals surface area (Å²) in [7, 11) is 0. The highest BCUT2D eigenvalue weighted by Crippen LogP contribution is 2.39. The second-order valence-electron chi connectivity index (χ2n) is 9.08. The van der Waals surface area contributed by atoms with Crippen molar-refractivity contribution in [2.24, 2.45) is 0 Å². The average Bonchev–Trinajstić information content (AvgIpc) is 3.02. The van der Waals surface area contributed by atoms with Crippen molar-refractivity contribution in [3.63, 3.8) is 0 Å². The molecular weight excluding hydrogens is 460 g/mol. The number of imide groups is 1. The zero-order valence-corrected chi connectivity index (χ0v) is 19.9. The normalized spacial score (nSPS) is 19.5. The summed E-state index contributed by atoms with van der Waals surface area (Å²) in [4.78, 5) is 45.8. The largest absolute Gasteiger partial charge is 0.485 e. The molecule has 2 unspecified atom stereocenters. The number of hydrogen-bond acceptors (Lipinski definition) is 7. The summed E-state index contributed by atoms with van der Waals surface area (Å²) in [5.41, 5.74) is 2.01. The Kier molecular flexibility index (Phi) is 6.26. The number of fused-ring (bicyclic) bond motifs is 2. The maximum atomic E-state index is 13.0. The Morgan fingerprint density at radius 3 is 2.36 bits per heavy atom. The van der Waals surface area contributed by atoms with Gasteiger partial charge in [0.15, 0.2) is 5.75 Å².